The average Bonchev–Trinajstić information content (AvgIpc) is 2.73. The molecular formula is C25H32F3LiO3S-2. The summed E-state index contributed by atoms with van der Waals surface area (Å²) in [6.45, 7) is 16.1. The summed E-state index contributed by atoms with van der Waals surface area (Å²) in [5.74, 6) is -0.128. The van der Waals surface area contributed by atoms with Gasteiger partial charge in [0.05, 0.1) is 15.7 Å². The molecule has 0 saturated heterocycles. The van der Waals surface area contributed by atoms with E-state index in [1.165, 1.54) is 25.1 Å². The molecule has 180 valence electrons. The Morgan fingerprint density at radius 2 is 1.58 bits per heavy atom. The Morgan fingerprint density at radius 3 is 2.00 bits per heavy atom. The predicted molar refractivity (Wildman–Crippen MR) is 121 cm³/mol. The topological polar surface area (TPSA) is 43.4 Å². The van der Waals surface area contributed by atoms with Gasteiger partial charge in [-0.3, -0.25) is 0 Å². The molecule has 2 rings (SSSR count). The summed E-state index contributed by atoms with van der Waals surface area (Å²) in [5.41, 5.74) is -0.0883. The zero-order valence-electron chi connectivity index (χ0n) is 20.1. The molecule has 33 heavy (non-hydrogen) atoms. The van der Waals surface area contributed by atoms with Crippen molar-refractivity contribution < 1.29 is 45.2 Å². The van der Waals surface area contributed by atoms with Gasteiger partial charge in [-0.2, -0.15) is 25.0 Å². The second kappa shape index (κ2) is 14.2. The quantitative estimate of drug-likeness (QED) is 0.428. The minimum atomic E-state index is -3.79. The number of sulfone groups is 1. The SMILES string of the molecule is CC(c1[c-]c(F)ccc1)S(=O)(=O)c1ccc(C(F)F)cc1.[CH2-]CC(C[CH2-])COC(C)(C)C.[Li+]. The molecule has 0 aromatic heterocycles. The van der Waals surface area contributed by atoms with Gasteiger partial charge in [0.15, 0.2) is 9.84 Å². The monoisotopic (exact) mass is 476 g/mol. The molecule has 0 aliphatic heterocycles. The maximum atomic E-state index is 13.1. The number of halogens is 3. The van der Waals surface area contributed by atoms with Gasteiger partial charge in [-0.05, 0) is 39.8 Å². The zero-order chi connectivity index (χ0) is 24.5. The smallest absolute Gasteiger partial charge is 0.376 e. The molecule has 2 aromatic rings. The van der Waals surface area contributed by atoms with Crippen molar-refractivity contribution in [2.75, 3.05) is 6.61 Å². The summed E-state index contributed by atoms with van der Waals surface area (Å²) in [6, 6.07) is 10.8. The van der Waals surface area contributed by atoms with Gasteiger partial charge in [0.1, 0.15) is 0 Å². The molecule has 8 heteroatoms. The van der Waals surface area contributed by atoms with Crippen LogP contribution in [0.3, 0.4) is 0 Å². The Hall–Kier alpha value is -1.26. The molecule has 0 aliphatic carbocycles. The summed E-state index contributed by atoms with van der Waals surface area (Å²) in [6.07, 6.45) is -0.824. The van der Waals surface area contributed by atoms with E-state index in [9.17, 15) is 21.6 Å². The zero-order valence-corrected chi connectivity index (χ0v) is 20.9. The normalized spacial score (nSPS) is 12.7. The largest absolute Gasteiger partial charge is 1.00 e. The molecule has 0 heterocycles. The van der Waals surface area contributed by atoms with Crippen molar-refractivity contribution in [1.82, 2.24) is 0 Å². The molecule has 3 nitrogen and oxygen atoms in total. The molecule has 0 fully saturated rings. The number of rotatable bonds is 8. The number of hydrogen-bond acceptors (Lipinski definition) is 3. The molecule has 0 saturated carbocycles. The van der Waals surface area contributed by atoms with E-state index in [0.717, 1.165) is 43.7 Å². The first-order valence-electron chi connectivity index (χ1n) is 10.3. The fraction of sp³-hybridized carbons (Fsp3) is 0.440. The summed E-state index contributed by atoms with van der Waals surface area (Å²) in [4.78, 5) is -0.0861. The number of benzene rings is 2. The fourth-order valence-electron chi connectivity index (χ4n) is 2.55. The molecule has 0 radical (unpaired) electrons. The third-order valence-electron chi connectivity index (χ3n) is 4.71. The molecule has 0 amide bonds. The Bertz CT molecular complexity index is 923. The van der Waals surface area contributed by atoms with Crippen LogP contribution < -0.4 is 18.9 Å². The van der Waals surface area contributed by atoms with Gasteiger partial charge in [0.2, 0.25) is 0 Å². The van der Waals surface area contributed by atoms with Gasteiger partial charge in [0, 0.05) is 18.0 Å². The van der Waals surface area contributed by atoms with Gasteiger partial charge in [-0.15, -0.1) is 17.7 Å². The predicted octanol–water partition coefficient (Wildman–Crippen LogP) is 3.97. The van der Waals surface area contributed by atoms with Crippen LogP contribution in [0.15, 0.2) is 47.4 Å². The van der Waals surface area contributed by atoms with Gasteiger partial charge in [-0.25, -0.2) is 21.6 Å². The Kier molecular flexibility index (Phi) is 13.7. The van der Waals surface area contributed by atoms with Crippen LogP contribution >= 0.6 is 0 Å². The number of ether oxygens (including phenoxy) is 1. The van der Waals surface area contributed by atoms with Crippen LogP contribution in [-0.4, -0.2) is 20.6 Å². The molecular weight excluding hydrogens is 444 g/mol. The first kappa shape index (κ1) is 31.7. The van der Waals surface area contributed by atoms with E-state index in [4.69, 9.17) is 4.74 Å². The molecule has 0 bridgehead atoms. The standard InChI is InChI=1S/C15H12F3O2S.C10H20O.Li/c1-10(12-3-2-4-13(16)9-12)21(19,20)14-7-5-11(6-8-14)15(17)18;1-6-9(7-2)8-11-10(3,4)5;/h2-8,10,15H,1H3;9H,1-2,6-8H2,3-5H3;/q-1;-2;+1. The minimum absolute atomic E-state index is 0. The van der Waals surface area contributed by atoms with Crippen molar-refractivity contribution in [2.24, 2.45) is 5.92 Å². The average molecular weight is 477 g/mol. The van der Waals surface area contributed by atoms with E-state index in [-0.39, 0.29) is 40.5 Å². The van der Waals surface area contributed by atoms with E-state index in [1.54, 1.807) is 0 Å². The molecule has 0 aliphatic rings. The van der Waals surface area contributed by atoms with Crippen molar-refractivity contribution in [3.63, 3.8) is 0 Å². The van der Waals surface area contributed by atoms with Crippen LogP contribution in [0.1, 0.15) is 63.3 Å². The van der Waals surface area contributed by atoms with E-state index >= 15 is 0 Å². The first-order valence-corrected chi connectivity index (χ1v) is 11.9. The Labute approximate surface area is 209 Å². The second-order valence-corrected chi connectivity index (χ2v) is 10.6. The van der Waals surface area contributed by atoms with Crippen LogP contribution in [0.25, 0.3) is 0 Å². The molecule has 0 N–H and O–H groups in total. The maximum absolute atomic E-state index is 13.1. The minimum Gasteiger partial charge on any atom is -0.376 e. The van der Waals surface area contributed by atoms with Crippen LogP contribution in [-0.2, 0) is 14.6 Å². The fourth-order valence-corrected chi connectivity index (χ4v) is 3.94. The van der Waals surface area contributed by atoms with Crippen molar-refractivity contribution in [1.29, 1.82) is 0 Å². The number of alkyl halides is 2. The Balaban J connectivity index is 0.000000732. The maximum Gasteiger partial charge on any atom is 1.00 e. The third kappa shape index (κ3) is 10.7. The summed E-state index contributed by atoms with van der Waals surface area (Å²) in [7, 11) is -3.79. The van der Waals surface area contributed by atoms with E-state index in [2.05, 4.69) is 40.7 Å². The van der Waals surface area contributed by atoms with Crippen molar-refractivity contribution in [3.8, 4) is 0 Å². The van der Waals surface area contributed by atoms with Crippen molar-refractivity contribution in [2.45, 2.75) is 62.7 Å². The molecule has 1 unspecified atom stereocenters. The molecule has 1 atom stereocenters. The van der Waals surface area contributed by atoms with Crippen LogP contribution in [0, 0.1) is 31.6 Å². The first-order chi connectivity index (χ1) is 14.8. The van der Waals surface area contributed by atoms with Gasteiger partial charge >= 0.3 is 18.9 Å². The summed E-state index contributed by atoms with van der Waals surface area (Å²) >= 11 is 0. The van der Waals surface area contributed by atoms with Gasteiger partial charge < -0.3 is 18.6 Å². The van der Waals surface area contributed by atoms with E-state index in [0.29, 0.717) is 5.92 Å². The Morgan fingerprint density at radius 1 is 1.03 bits per heavy atom. The third-order valence-corrected chi connectivity index (χ3v) is 6.83. The molecule has 0 spiro atoms. The van der Waals surface area contributed by atoms with E-state index < -0.39 is 27.3 Å². The number of hydrogen-bond donors (Lipinski definition) is 0. The van der Waals surface area contributed by atoms with Crippen molar-refractivity contribution in [3.05, 3.63) is 79.3 Å². The molecule has 2 aromatic carbocycles. The van der Waals surface area contributed by atoms with Crippen LogP contribution in [0.2, 0.25) is 0 Å². The van der Waals surface area contributed by atoms with Crippen LogP contribution in [0.5, 0.6) is 0 Å². The summed E-state index contributed by atoms with van der Waals surface area (Å²) in [5, 5.41) is -1.02. The van der Waals surface area contributed by atoms with Gasteiger partial charge in [0.25, 0.3) is 6.43 Å². The van der Waals surface area contributed by atoms with E-state index in [1.807, 2.05) is 0 Å². The van der Waals surface area contributed by atoms with Gasteiger partial charge in [-0.1, -0.05) is 18.1 Å². The van der Waals surface area contributed by atoms with Crippen LogP contribution in [0.4, 0.5) is 13.2 Å². The summed E-state index contributed by atoms with van der Waals surface area (Å²) < 4.78 is 68.4. The van der Waals surface area contributed by atoms with Crippen molar-refractivity contribution >= 4 is 9.84 Å². The second-order valence-electron chi connectivity index (χ2n) is 8.38.